The second-order valence-electron chi connectivity index (χ2n) is 7.05. The second-order valence-corrected chi connectivity index (χ2v) is 8.00. The summed E-state index contributed by atoms with van der Waals surface area (Å²) >= 11 is 1.38. The number of rotatable bonds is 5. The zero-order valence-electron chi connectivity index (χ0n) is 16.0. The van der Waals surface area contributed by atoms with E-state index in [2.05, 4.69) is 41.4 Å². The van der Waals surface area contributed by atoms with Crippen molar-refractivity contribution in [2.45, 2.75) is 32.9 Å². The Bertz CT molecular complexity index is 775. The summed E-state index contributed by atoms with van der Waals surface area (Å²) in [6.07, 6.45) is 0.948. The van der Waals surface area contributed by atoms with E-state index in [1.165, 1.54) is 22.5 Å². The van der Waals surface area contributed by atoms with Gasteiger partial charge in [0.2, 0.25) is 5.91 Å². The molecule has 1 atom stereocenters. The number of benzene rings is 1. The number of hydrogen-bond donors (Lipinski definition) is 1. The van der Waals surface area contributed by atoms with E-state index in [0.29, 0.717) is 11.4 Å². The molecule has 0 spiro atoms. The third-order valence-corrected chi connectivity index (χ3v) is 5.89. The van der Waals surface area contributed by atoms with Gasteiger partial charge in [0, 0.05) is 32.7 Å². The first-order valence-corrected chi connectivity index (χ1v) is 10.3. The van der Waals surface area contributed by atoms with Crippen LogP contribution in [-0.2, 0) is 11.3 Å². The molecule has 0 bridgehead atoms. The van der Waals surface area contributed by atoms with Crippen LogP contribution in [0.5, 0.6) is 0 Å². The van der Waals surface area contributed by atoms with Crippen molar-refractivity contribution in [3.05, 3.63) is 57.8 Å². The number of carbonyl (C=O) groups is 2. The number of aryl methyl sites for hydroxylation is 1. The normalized spacial score (nSPS) is 16.6. The van der Waals surface area contributed by atoms with Gasteiger partial charge in [0.05, 0.1) is 4.88 Å². The zero-order chi connectivity index (χ0) is 19.2. The molecule has 2 heterocycles. The summed E-state index contributed by atoms with van der Waals surface area (Å²) in [6.45, 7) is 8.09. The summed E-state index contributed by atoms with van der Waals surface area (Å²) in [4.78, 5) is 29.9. The lowest BCUT2D eigenvalue weighted by atomic mass is 10.1. The smallest absolute Gasteiger partial charge is 0.261 e. The summed E-state index contributed by atoms with van der Waals surface area (Å²) in [7, 11) is 0. The van der Waals surface area contributed by atoms with Crippen LogP contribution in [0.3, 0.4) is 0 Å². The van der Waals surface area contributed by atoms with Gasteiger partial charge in [-0.2, -0.15) is 0 Å². The molecule has 1 aliphatic heterocycles. The van der Waals surface area contributed by atoms with Gasteiger partial charge in [0.25, 0.3) is 5.91 Å². The molecule has 27 heavy (non-hydrogen) atoms. The van der Waals surface area contributed by atoms with Crippen molar-refractivity contribution < 1.29 is 9.59 Å². The quantitative estimate of drug-likeness (QED) is 0.861. The highest BCUT2D eigenvalue weighted by Gasteiger charge is 2.25. The van der Waals surface area contributed by atoms with Crippen LogP contribution in [0.25, 0.3) is 0 Å². The molecule has 0 radical (unpaired) electrons. The molecular formula is C21H27N3O2S. The Labute approximate surface area is 165 Å². The largest absolute Gasteiger partial charge is 0.340 e. The molecule has 0 unspecified atom stereocenters. The first kappa shape index (κ1) is 19.6. The van der Waals surface area contributed by atoms with Gasteiger partial charge in [-0.1, -0.05) is 30.3 Å². The molecule has 3 rings (SSSR count). The summed E-state index contributed by atoms with van der Waals surface area (Å²) < 4.78 is 0. The van der Waals surface area contributed by atoms with E-state index in [4.69, 9.17) is 0 Å². The molecule has 2 amide bonds. The molecule has 0 saturated carbocycles. The molecule has 2 aromatic rings. The average molecular weight is 386 g/mol. The fourth-order valence-corrected chi connectivity index (χ4v) is 4.02. The van der Waals surface area contributed by atoms with Gasteiger partial charge in [-0.25, -0.2) is 0 Å². The van der Waals surface area contributed by atoms with E-state index in [1.807, 2.05) is 16.3 Å². The highest BCUT2D eigenvalue weighted by atomic mass is 32.1. The van der Waals surface area contributed by atoms with Crippen molar-refractivity contribution in [2.24, 2.45) is 0 Å². The number of nitrogens with one attached hydrogen (secondary N) is 1. The van der Waals surface area contributed by atoms with Crippen molar-refractivity contribution in [1.82, 2.24) is 15.1 Å². The van der Waals surface area contributed by atoms with Crippen LogP contribution in [0.4, 0.5) is 0 Å². The maximum Gasteiger partial charge on any atom is 0.261 e. The fraction of sp³-hybridized carbons (Fsp3) is 0.429. The molecule has 144 valence electrons. The Hall–Kier alpha value is -2.18. The molecule has 1 aromatic carbocycles. The van der Waals surface area contributed by atoms with Gasteiger partial charge in [0.1, 0.15) is 6.04 Å². The monoisotopic (exact) mass is 385 g/mol. The van der Waals surface area contributed by atoms with Crippen LogP contribution in [0, 0.1) is 6.92 Å². The number of thiophene rings is 1. The van der Waals surface area contributed by atoms with Crippen LogP contribution in [0.1, 0.15) is 34.1 Å². The number of nitrogens with zero attached hydrogens (tertiary/aromatic N) is 2. The molecule has 6 heteroatoms. The number of carbonyl (C=O) groups excluding carboxylic acids is 2. The maximum atomic E-state index is 12.8. The van der Waals surface area contributed by atoms with E-state index < -0.39 is 6.04 Å². The molecule has 1 saturated heterocycles. The first-order chi connectivity index (χ1) is 13.0. The molecule has 0 aliphatic carbocycles. The highest BCUT2D eigenvalue weighted by molar-refractivity contribution is 7.12. The topological polar surface area (TPSA) is 52.6 Å². The highest BCUT2D eigenvalue weighted by Crippen LogP contribution is 2.14. The molecule has 1 N–H and O–H groups in total. The van der Waals surface area contributed by atoms with Crippen LogP contribution in [-0.4, -0.2) is 53.8 Å². The van der Waals surface area contributed by atoms with Crippen LogP contribution in [0.15, 0.2) is 41.8 Å². The minimum atomic E-state index is -0.512. The predicted molar refractivity (Wildman–Crippen MR) is 109 cm³/mol. The van der Waals surface area contributed by atoms with Crippen molar-refractivity contribution >= 4 is 23.2 Å². The van der Waals surface area contributed by atoms with Crippen LogP contribution >= 0.6 is 11.3 Å². The second kappa shape index (κ2) is 9.15. The molecule has 1 fully saturated rings. The molecular weight excluding hydrogens is 358 g/mol. The molecule has 1 aromatic heterocycles. The minimum absolute atomic E-state index is 0.00218. The Morgan fingerprint density at radius 1 is 1.11 bits per heavy atom. The number of hydrogen-bond acceptors (Lipinski definition) is 4. The Balaban J connectivity index is 1.53. The summed E-state index contributed by atoms with van der Waals surface area (Å²) in [5.74, 6) is -0.181. The van der Waals surface area contributed by atoms with E-state index >= 15 is 0 Å². The summed E-state index contributed by atoms with van der Waals surface area (Å²) in [6, 6.07) is 11.5. The Morgan fingerprint density at radius 3 is 2.67 bits per heavy atom. The maximum absolute atomic E-state index is 12.8. The van der Waals surface area contributed by atoms with Gasteiger partial charge in [-0.05, 0) is 42.8 Å². The fourth-order valence-electron chi connectivity index (χ4n) is 3.39. The van der Waals surface area contributed by atoms with Crippen molar-refractivity contribution in [2.75, 3.05) is 26.2 Å². The van der Waals surface area contributed by atoms with Crippen LogP contribution in [0.2, 0.25) is 0 Å². The van der Waals surface area contributed by atoms with E-state index in [1.54, 1.807) is 13.0 Å². The summed E-state index contributed by atoms with van der Waals surface area (Å²) in [5.41, 5.74) is 2.65. The average Bonchev–Trinajstić information content (AvgIpc) is 3.10. The molecule has 1 aliphatic rings. The predicted octanol–water partition coefficient (Wildman–Crippen LogP) is 2.91. The van der Waals surface area contributed by atoms with Gasteiger partial charge in [-0.15, -0.1) is 11.3 Å². The third kappa shape index (κ3) is 5.17. The standard InChI is InChI=1S/C21H27N3O2S/c1-16-7-3-4-8-18(16)15-23-10-6-11-24(13-12-23)21(26)17(2)22-20(25)19-9-5-14-27-19/h3-5,7-9,14,17H,6,10-13,15H2,1-2H3,(H,22,25)/t17-/m1/s1. The lowest BCUT2D eigenvalue weighted by Gasteiger charge is -2.25. The Morgan fingerprint density at radius 2 is 1.93 bits per heavy atom. The summed E-state index contributed by atoms with van der Waals surface area (Å²) in [5, 5.41) is 4.69. The van der Waals surface area contributed by atoms with Crippen molar-refractivity contribution in [3.8, 4) is 0 Å². The molecule has 5 nitrogen and oxygen atoms in total. The van der Waals surface area contributed by atoms with Crippen molar-refractivity contribution in [3.63, 3.8) is 0 Å². The van der Waals surface area contributed by atoms with Gasteiger partial charge in [-0.3, -0.25) is 14.5 Å². The first-order valence-electron chi connectivity index (χ1n) is 9.44. The minimum Gasteiger partial charge on any atom is -0.340 e. The van der Waals surface area contributed by atoms with Crippen molar-refractivity contribution in [1.29, 1.82) is 0 Å². The van der Waals surface area contributed by atoms with E-state index in [9.17, 15) is 9.59 Å². The lowest BCUT2D eigenvalue weighted by molar-refractivity contribution is -0.132. The Kier molecular flexibility index (Phi) is 6.63. The van der Waals surface area contributed by atoms with Gasteiger partial charge >= 0.3 is 0 Å². The number of amides is 2. The van der Waals surface area contributed by atoms with Gasteiger partial charge in [0.15, 0.2) is 0 Å². The lowest BCUT2D eigenvalue weighted by Crippen LogP contribution is -2.47. The SMILES string of the molecule is Cc1ccccc1CN1CCCN(C(=O)[C@@H](C)NC(=O)c2cccs2)CC1. The third-order valence-electron chi connectivity index (χ3n) is 5.02. The zero-order valence-corrected chi connectivity index (χ0v) is 16.8. The van der Waals surface area contributed by atoms with E-state index in [0.717, 1.165) is 32.6 Å². The van der Waals surface area contributed by atoms with E-state index in [-0.39, 0.29) is 11.8 Å². The van der Waals surface area contributed by atoms with Crippen LogP contribution < -0.4 is 5.32 Å². The van der Waals surface area contributed by atoms with Gasteiger partial charge < -0.3 is 10.2 Å².